The van der Waals surface area contributed by atoms with E-state index < -0.39 is 0 Å². The van der Waals surface area contributed by atoms with Crippen molar-refractivity contribution in [2.45, 2.75) is 12.8 Å². The number of rotatable bonds is 0. The molecule has 102 valence electrons. The zero-order valence-corrected chi connectivity index (χ0v) is 11.8. The molecule has 0 unspecified atom stereocenters. The van der Waals surface area contributed by atoms with Gasteiger partial charge in [0.05, 0.1) is 0 Å². The first kappa shape index (κ1) is 15.7. The first-order valence-corrected chi connectivity index (χ1v) is 6.98. The normalized spacial score (nSPS) is 29.6. The second-order valence-corrected chi connectivity index (χ2v) is 4.13. The summed E-state index contributed by atoms with van der Waals surface area (Å²) in [5.74, 6) is 0. The molecule has 0 fully saturated rings. The lowest BCUT2D eigenvalue weighted by Gasteiger charge is -1.84. The van der Waals surface area contributed by atoms with E-state index in [9.17, 15) is 0 Å². The number of allylic oxidation sites excluding steroid dienone is 18. The predicted octanol–water partition coefficient (Wildman–Crippen LogP) is 5.79. The van der Waals surface area contributed by atoms with E-state index in [1.54, 1.807) is 0 Å². The molecule has 0 radical (unpaired) electrons. The minimum atomic E-state index is 1.07. The molecule has 0 heteroatoms. The molecule has 0 N–H and O–H groups in total. The van der Waals surface area contributed by atoms with E-state index >= 15 is 0 Å². The van der Waals surface area contributed by atoms with Crippen molar-refractivity contribution in [2.75, 3.05) is 0 Å². The van der Waals surface area contributed by atoms with Crippen molar-refractivity contribution >= 4 is 0 Å². The molecule has 0 amide bonds. The van der Waals surface area contributed by atoms with Crippen molar-refractivity contribution in [3.8, 4) is 0 Å². The zero-order valence-electron chi connectivity index (χ0n) is 11.8. The SMILES string of the molecule is C1=CCC/C=C/C=C/C=C/C=C\C=C\C=C\C=C/C=C/1. The first-order chi connectivity index (χ1) is 10.0. The molecule has 0 aromatic heterocycles. The molecule has 0 spiro atoms. The Hall–Kier alpha value is -2.34. The van der Waals surface area contributed by atoms with E-state index in [0.29, 0.717) is 0 Å². The lowest BCUT2D eigenvalue weighted by molar-refractivity contribution is 1.05. The van der Waals surface area contributed by atoms with Gasteiger partial charge in [-0.1, -0.05) is 109 Å². The van der Waals surface area contributed by atoms with Gasteiger partial charge in [0.25, 0.3) is 0 Å². The van der Waals surface area contributed by atoms with Crippen LogP contribution in [0.15, 0.2) is 109 Å². The molecule has 0 aromatic rings. The Morgan fingerprint density at radius 2 is 0.450 bits per heavy atom. The van der Waals surface area contributed by atoms with E-state index in [2.05, 4.69) is 36.5 Å². The molecule has 0 saturated carbocycles. The molecule has 0 heterocycles. The third-order valence-electron chi connectivity index (χ3n) is 2.44. The second kappa shape index (κ2) is 13.1. The number of hydrogen-bond acceptors (Lipinski definition) is 0. The predicted molar refractivity (Wildman–Crippen MR) is 91.5 cm³/mol. The standard InChI is InChI=1S/C20H22/c1-2-4-6-8-10-12-14-16-18-20-19-17-15-13-11-9-7-5-3-1/h1-18H,19-20H2/b2-1+,5-3-,6-4+,9-7+,10-8-,13-11+,14-12+,17-15+,18-16?. The molecule has 1 aliphatic rings. The highest BCUT2D eigenvalue weighted by Gasteiger charge is 1.74. The summed E-state index contributed by atoms with van der Waals surface area (Å²) in [6.45, 7) is 0. The maximum absolute atomic E-state index is 2.18. The van der Waals surface area contributed by atoms with Gasteiger partial charge in [0.1, 0.15) is 0 Å². The quantitative estimate of drug-likeness (QED) is 0.518. The minimum Gasteiger partial charge on any atom is -0.0842 e. The molecule has 0 nitrogen and oxygen atoms in total. The fourth-order valence-corrected chi connectivity index (χ4v) is 1.44. The van der Waals surface area contributed by atoms with Gasteiger partial charge in [0, 0.05) is 0 Å². The highest BCUT2D eigenvalue weighted by atomic mass is 13.8. The van der Waals surface area contributed by atoms with Gasteiger partial charge in [-0.2, -0.15) is 0 Å². The van der Waals surface area contributed by atoms with Gasteiger partial charge >= 0.3 is 0 Å². The summed E-state index contributed by atoms with van der Waals surface area (Å²) in [5.41, 5.74) is 0. The fourth-order valence-electron chi connectivity index (χ4n) is 1.44. The first-order valence-electron chi connectivity index (χ1n) is 6.98. The molecule has 0 atom stereocenters. The average molecular weight is 262 g/mol. The van der Waals surface area contributed by atoms with Crippen LogP contribution in [-0.2, 0) is 0 Å². The molecule has 0 saturated heterocycles. The van der Waals surface area contributed by atoms with Crippen molar-refractivity contribution in [3.05, 3.63) is 109 Å². The summed E-state index contributed by atoms with van der Waals surface area (Å²) in [5, 5.41) is 0. The van der Waals surface area contributed by atoms with Gasteiger partial charge in [-0.3, -0.25) is 0 Å². The summed E-state index contributed by atoms with van der Waals surface area (Å²) >= 11 is 0. The van der Waals surface area contributed by atoms with Crippen molar-refractivity contribution in [1.82, 2.24) is 0 Å². The Kier molecular flexibility index (Phi) is 10.3. The molecular weight excluding hydrogens is 240 g/mol. The zero-order chi connectivity index (χ0) is 14.1. The van der Waals surface area contributed by atoms with Gasteiger partial charge in [-0.15, -0.1) is 0 Å². The van der Waals surface area contributed by atoms with E-state index in [1.807, 2.05) is 72.9 Å². The van der Waals surface area contributed by atoms with E-state index in [1.165, 1.54) is 0 Å². The summed E-state index contributed by atoms with van der Waals surface area (Å²) < 4.78 is 0. The van der Waals surface area contributed by atoms with Crippen LogP contribution in [0.4, 0.5) is 0 Å². The topological polar surface area (TPSA) is 0 Å². The smallest absolute Gasteiger partial charge is 0.0313 e. The Bertz CT molecular complexity index is 440. The van der Waals surface area contributed by atoms with Crippen LogP contribution < -0.4 is 0 Å². The lowest BCUT2D eigenvalue weighted by atomic mass is 10.2. The van der Waals surface area contributed by atoms with Crippen molar-refractivity contribution < 1.29 is 0 Å². The summed E-state index contributed by atoms with van der Waals surface area (Å²) in [7, 11) is 0. The van der Waals surface area contributed by atoms with Gasteiger partial charge in [-0.05, 0) is 12.8 Å². The van der Waals surface area contributed by atoms with Crippen LogP contribution in [0.2, 0.25) is 0 Å². The highest BCUT2D eigenvalue weighted by Crippen LogP contribution is 1.94. The van der Waals surface area contributed by atoms with Crippen LogP contribution in [0.25, 0.3) is 0 Å². The number of hydrogen-bond donors (Lipinski definition) is 0. The van der Waals surface area contributed by atoms with Crippen LogP contribution in [0, 0.1) is 0 Å². The average Bonchev–Trinajstić information content (AvgIpc) is 2.46. The van der Waals surface area contributed by atoms with Gasteiger partial charge in [0.15, 0.2) is 0 Å². The van der Waals surface area contributed by atoms with Crippen molar-refractivity contribution in [1.29, 1.82) is 0 Å². The molecular formula is C20H22. The lowest BCUT2D eigenvalue weighted by Crippen LogP contribution is -1.63. The van der Waals surface area contributed by atoms with Gasteiger partial charge in [0.2, 0.25) is 0 Å². The Labute approximate surface area is 122 Å². The van der Waals surface area contributed by atoms with Crippen molar-refractivity contribution in [3.63, 3.8) is 0 Å². The summed E-state index contributed by atoms with van der Waals surface area (Å²) in [6, 6.07) is 0. The Balaban J connectivity index is 2.59. The third-order valence-corrected chi connectivity index (χ3v) is 2.44. The second-order valence-electron chi connectivity index (χ2n) is 4.13. The summed E-state index contributed by atoms with van der Waals surface area (Å²) in [4.78, 5) is 0. The van der Waals surface area contributed by atoms with E-state index in [-0.39, 0.29) is 0 Å². The van der Waals surface area contributed by atoms with E-state index in [4.69, 9.17) is 0 Å². The van der Waals surface area contributed by atoms with Gasteiger partial charge in [-0.25, -0.2) is 0 Å². The molecule has 20 heavy (non-hydrogen) atoms. The monoisotopic (exact) mass is 262 g/mol. The van der Waals surface area contributed by atoms with Crippen molar-refractivity contribution in [2.24, 2.45) is 0 Å². The molecule has 1 rings (SSSR count). The minimum absolute atomic E-state index is 1.07. The van der Waals surface area contributed by atoms with Crippen LogP contribution >= 0.6 is 0 Å². The van der Waals surface area contributed by atoms with Crippen LogP contribution in [0.1, 0.15) is 12.8 Å². The molecule has 0 bridgehead atoms. The Morgan fingerprint density at radius 1 is 0.250 bits per heavy atom. The van der Waals surface area contributed by atoms with E-state index in [0.717, 1.165) is 12.8 Å². The maximum Gasteiger partial charge on any atom is -0.0313 e. The Morgan fingerprint density at radius 3 is 0.700 bits per heavy atom. The van der Waals surface area contributed by atoms with Crippen LogP contribution in [-0.4, -0.2) is 0 Å². The van der Waals surface area contributed by atoms with Gasteiger partial charge < -0.3 is 0 Å². The van der Waals surface area contributed by atoms with Crippen LogP contribution in [0.5, 0.6) is 0 Å². The maximum atomic E-state index is 2.18. The largest absolute Gasteiger partial charge is 0.0842 e. The highest BCUT2D eigenvalue weighted by molar-refractivity contribution is 5.22. The summed E-state index contributed by atoms with van der Waals surface area (Å²) in [6.07, 6.45) is 39.0. The third kappa shape index (κ3) is 10.8. The molecule has 0 aromatic carbocycles. The van der Waals surface area contributed by atoms with Crippen LogP contribution in [0.3, 0.4) is 0 Å². The molecule has 0 aliphatic heterocycles. The molecule has 1 aliphatic carbocycles. The fraction of sp³-hybridized carbons (Fsp3) is 0.100.